The van der Waals surface area contributed by atoms with E-state index in [2.05, 4.69) is 0 Å². The van der Waals surface area contributed by atoms with E-state index in [0.29, 0.717) is 0 Å². The van der Waals surface area contributed by atoms with Crippen LogP contribution in [-0.2, 0) is 10.1 Å². The highest BCUT2D eigenvalue weighted by molar-refractivity contribution is 8.00. The number of benzene rings is 1. The molecule has 0 heterocycles. The van der Waals surface area contributed by atoms with Crippen LogP contribution in [0.25, 0.3) is 0 Å². The van der Waals surface area contributed by atoms with Crippen molar-refractivity contribution in [1.29, 1.82) is 0 Å². The summed E-state index contributed by atoms with van der Waals surface area (Å²) in [4.78, 5) is -0.149. The Morgan fingerprint density at radius 3 is 2.00 bits per heavy atom. The maximum atomic E-state index is 12.0. The van der Waals surface area contributed by atoms with E-state index in [-0.39, 0.29) is 22.2 Å². The molecule has 0 amide bonds. The van der Waals surface area contributed by atoms with Gasteiger partial charge in [0, 0.05) is 4.90 Å². The molecule has 0 saturated heterocycles. The highest BCUT2D eigenvalue weighted by Gasteiger charge is 2.29. The van der Waals surface area contributed by atoms with E-state index < -0.39 is 21.1 Å². The third kappa shape index (κ3) is 4.54. The third-order valence-electron chi connectivity index (χ3n) is 1.68. The Morgan fingerprint density at radius 2 is 1.65 bits per heavy atom. The van der Waals surface area contributed by atoms with Crippen LogP contribution >= 0.6 is 11.8 Å². The highest BCUT2D eigenvalue weighted by Crippen LogP contribution is 2.37. The fourth-order valence-corrected chi connectivity index (χ4v) is 2.05. The van der Waals surface area contributed by atoms with Gasteiger partial charge >= 0.3 is 5.51 Å². The van der Waals surface area contributed by atoms with Gasteiger partial charge in [-0.3, -0.25) is 4.55 Å². The van der Waals surface area contributed by atoms with Crippen molar-refractivity contribution in [2.24, 2.45) is 0 Å². The lowest BCUT2D eigenvalue weighted by molar-refractivity contribution is -0.0328. The number of alkyl halides is 3. The summed E-state index contributed by atoms with van der Waals surface area (Å²) >= 11 is -0.365. The van der Waals surface area contributed by atoms with Gasteiger partial charge in [0.05, 0.1) is 0 Å². The van der Waals surface area contributed by atoms with E-state index in [0.717, 1.165) is 24.3 Å². The number of aliphatic hydroxyl groups excluding tert-OH is 1. The second-order valence-electron chi connectivity index (χ2n) is 2.98. The van der Waals surface area contributed by atoms with Gasteiger partial charge in [0.25, 0.3) is 10.1 Å². The standard InChI is InChI=1S/C8H7F3O4S2/c9-8(10,11)16-6-3-1-5(2-4-6)7(12)17(13,14)15/h1-4,7,12H,(H,13,14,15). The molecule has 1 aromatic carbocycles. The number of halogens is 3. The molecule has 1 unspecified atom stereocenters. The monoisotopic (exact) mass is 288 g/mol. The molecule has 96 valence electrons. The van der Waals surface area contributed by atoms with Gasteiger partial charge in [-0.25, -0.2) is 0 Å². The molecule has 0 bridgehead atoms. The van der Waals surface area contributed by atoms with Crippen molar-refractivity contribution < 1.29 is 31.2 Å². The van der Waals surface area contributed by atoms with Crippen LogP contribution in [0.1, 0.15) is 11.0 Å². The van der Waals surface area contributed by atoms with E-state index >= 15 is 0 Å². The Balaban J connectivity index is 2.89. The first-order chi connectivity index (χ1) is 7.59. The second kappa shape index (κ2) is 4.84. The van der Waals surface area contributed by atoms with Gasteiger partial charge in [-0.15, -0.1) is 0 Å². The number of hydrogen-bond donors (Lipinski definition) is 2. The molecular weight excluding hydrogens is 281 g/mol. The van der Waals surface area contributed by atoms with Gasteiger partial charge in [0.1, 0.15) is 0 Å². The van der Waals surface area contributed by atoms with Crippen molar-refractivity contribution in [2.45, 2.75) is 15.8 Å². The van der Waals surface area contributed by atoms with Crippen LogP contribution in [0.3, 0.4) is 0 Å². The summed E-state index contributed by atoms with van der Waals surface area (Å²) in [5.41, 5.74) is -6.81. The molecule has 0 aliphatic rings. The molecule has 0 radical (unpaired) electrons. The van der Waals surface area contributed by atoms with E-state index in [4.69, 9.17) is 9.66 Å². The van der Waals surface area contributed by atoms with Crippen LogP contribution in [-0.4, -0.2) is 23.6 Å². The zero-order valence-electron chi connectivity index (χ0n) is 8.05. The summed E-state index contributed by atoms with van der Waals surface area (Å²) in [7, 11) is -4.68. The molecule has 0 saturated carbocycles. The Bertz CT molecular complexity index is 480. The lowest BCUT2D eigenvalue weighted by Crippen LogP contribution is -2.11. The topological polar surface area (TPSA) is 74.6 Å². The minimum atomic E-state index is -4.68. The van der Waals surface area contributed by atoms with Crippen LogP contribution in [0.2, 0.25) is 0 Å². The maximum absolute atomic E-state index is 12.0. The van der Waals surface area contributed by atoms with Gasteiger partial charge < -0.3 is 5.11 Å². The minimum Gasteiger partial charge on any atom is -0.371 e. The largest absolute Gasteiger partial charge is 0.446 e. The van der Waals surface area contributed by atoms with Crippen LogP contribution in [0, 0.1) is 0 Å². The number of hydrogen-bond acceptors (Lipinski definition) is 4. The molecule has 1 rings (SSSR count). The molecular formula is C8H7F3O4S2. The molecule has 9 heteroatoms. The summed E-state index contributed by atoms with van der Waals surface area (Å²) in [6.07, 6.45) is 0. The van der Waals surface area contributed by atoms with Gasteiger partial charge in [-0.05, 0) is 29.5 Å². The molecule has 0 spiro atoms. The molecule has 1 atom stereocenters. The van der Waals surface area contributed by atoms with Crippen molar-refractivity contribution in [3.8, 4) is 0 Å². The second-order valence-corrected chi connectivity index (χ2v) is 5.60. The fraction of sp³-hybridized carbons (Fsp3) is 0.250. The Morgan fingerprint density at radius 1 is 1.18 bits per heavy atom. The van der Waals surface area contributed by atoms with Crippen LogP contribution in [0.4, 0.5) is 13.2 Å². The summed E-state index contributed by atoms with van der Waals surface area (Å²) in [6, 6.07) is 3.99. The molecule has 2 N–H and O–H groups in total. The lowest BCUT2D eigenvalue weighted by Gasteiger charge is -2.09. The predicted octanol–water partition coefficient (Wildman–Crippen LogP) is 2.18. The first-order valence-corrected chi connectivity index (χ1v) is 6.41. The summed E-state index contributed by atoms with van der Waals surface area (Å²) in [6.45, 7) is 0. The Hall–Kier alpha value is -0.770. The molecule has 17 heavy (non-hydrogen) atoms. The summed E-state index contributed by atoms with van der Waals surface area (Å²) < 4.78 is 65.6. The van der Waals surface area contributed by atoms with Crippen molar-refractivity contribution >= 4 is 21.9 Å². The van der Waals surface area contributed by atoms with Gasteiger partial charge in [0.2, 0.25) is 5.44 Å². The number of rotatable bonds is 3. The molecule has 4 nitrogen and oxygen atoms in total. The zero-order valence-corrected chi connectivity index (χ0v) is 9.68. The van der Waals surface area contributed by atoms with Gasteiger partial charge in [0.15, 0.2) is 0 Å². The smallest absolute Gasteiger partial charge is 0.371 e. The van der Waals surface area contributed by atoms with Crippen molar-refractivity contribution in [3.63, 3.8) is 0 Å². The summed E-state index contributed by atoms with van der Waals surface area (Å²) in [5.74, 6) is 0. The molecule has 0 aromatic heterocycles. The van der Waals surface area contributed by atoms with Crippen molar-refractivity contribution in [1.82, 2.24) is 0 Å². The van der Waals surface area contributed by atoms with Crippen molar-refractivity contribution in [3.05, 3.63) is 29.8 Å². The van der Waals surface area contributed by atoms with Gasteiger partial charge in [-0.2, -0.15) is 21.6 Å². The first kappa shape index (κ1) is 14.3. The highest BCUT2D eigenvalue weighted by atomic mass is 32.2. The van der Waals surface area contributed by atoms with Crippen molar-refractivity contribution in [2.75, 3.05) is 0 Å². The Kier molecular flexibility index (Phi) is 4.07. The zero-order chi connectivity index (χ0) is 13.3. The van der Waals surface area contributed by atoms with E-state index in [1.54, 1.807) is 0 Å². The van der Waals surface area contributed by atoms with E-state index in [1.165, 1.54) is 0 Å². The van der Waals surface area contributed by atoms with Gasteiger partial charge in [-0.1, -0.05) is 12.1 Å². The van der Waals surface area contributed by atoms with Crippen LogP contribution < -0.4 is 0 Å². The van der Waals surface area contributed by atoms with Crippen LogP contribution in [0.5, 0.6) is 0 Å². The predicted molar refractivity (Wildman–Crippen MR) is 54.9 cm³/mol. The third-order valence-corrected chi connectivity index (χ3v) is 3.26. The summed E-state index contributed by atoms with van der Waals surface area (Å²) in [5, 5.41) is 9.11. The van der Waals surface area contributed by atoms with E-state index in [9.17, 15) is 21.6 Å². The van der Waals surface area contributed by atoms with E-state index in [1.807, 2.05) is 0 Å². The Labute approximate surface area is 99.2 Å². The average Bonchev–Trinajstić information content (AvgIpc) is 2.14. The normalized spacial score (nSPS) is 14.6. The SMILES string of the molecule is O=S(=O)(O)C(O)c1ccc(SC(F)(F)F)cc1. The molecule has 0 aliphatic carbocycles. The maximum Gasteiger partial charge on any atom is 0.446 e. The number of aliphatic hydroxyl groups is 1. The van der Waals surface area contributed by atoms with Crippen LogP contribution in [0.15, 0.2) is 29.2 Å². The average molecular weight is 288 g/mol. The molecule has 0 fully saturated rings. The molecule has 0 aliphatic heterocycles. The number of thioether (sulfide) groups is 1. The molecule has 1 aromatic rings. The lowest BCUT2D eigenvalue weighted by atomic mass is 10.2. The first-order valence-electron chi connectivity index (χ1n) is 4.10. The quantitative estimate of drug-likeness (QED) is 0.658. The minimum absolute atomic E-state index is 0.149. The fourth-order valence-electron chi connectivity index (χ4n) is 1.01.